The normalized spacial score (nSPS) is 18.9. The van der Waals surface area contributed by atoms with E-state index < -0.39 is 17.2 Å². The van der Waals surface area contributed by atoms with Crippen LogP contribution in [0.4, 0.5) is 13.2 Å². The number of nitrogens with one attached hydrogen (secondary N) is 1. The first-order valence-electron chi connectivity index (χ1n) is 9.80. The third kappa shape index (κ3) is 3.68. The van der Waals surface area contributed by atoms with Crippen LogP contribution in [0.3, 0.4) is 0 Å². The molecule has 0 aliphatic carbocycles. The third-order valence-electron chi connectivity index (χ3n) is 5.52. The highest BCUT2D eigenvalue weighted by molar-refractivity contribution is 5.64. The van der Waals surface area contributed by atoms with E-state index in [1.165, 1.54) is 0 Å². The first-order chi connectivity index (χ1) is 14.6. The minimum atomic E-state index is -4.58. The molecule has 1 aliphatic heterocycles. The summed E-state index contributed by atoms with van der Waals surface area (Å²) in [6, 6.07) is 5.88. The molecule has 1 unspecified atom stereocenters. The number of fused-ring (bicyclic) bond motifs is 1. The maximum atomic E-state index is 13.8. The molecule has 164 valence electrons. The second kappa shape index (κ2) is 8.12. The molecule has 0 saturated carbocycles. The smallest absolute Gasteiger partial charge is 0.416 e. The first-order valence-corrected chi connectivity index (χ1v) is 9.80. The Kier molecular flexibility index (Phi) is 5.87. The van der Waals surface area contributed by atoms with Crippen LogP contribution in [0.5, 0.6) is 5.88 Å². The van der Waals surface area contributed by atoms with E-state index in [1.54, 1.807) is 25.1 Å². The van der Waals surface area contributed by atoms with Crippen molar-refractivity contribution in [2.75, 3.05) is 6.54 Å². The Balaban J connectivity index is 2.42. The summed E-state index contributed by atoms with van der Waals surface area (Å²) in [6.45, 7) is 5.77. The molecule has 0 bridgehead atoms. The van der Waals surface area contributed by atoms with Crippen LogP contribution in [-0.4, -0.2) is 16.7 Å². The molecule has 9 heteroatoms. The van der Waals surface area contributed by atoms with Gasteiger partial charge in [-0.15, -0.1) is 5.10 Å². The fourth-order valence-corrected chi connectivity index (χ4v) is 4.22. The van der Waals surface area contributed by atoms with Gasteiger partial charge < -0.3 is 16.2 Å². The Morgan fingerprint density at radius 3 is 2.61 bits per heavy atom. The lowest BCUT2D eigenvalue weighted by Crippen LogP contribution is -2.41. The molecule has 1 aromatic heterocycles. The molecule has 0 spiro atoms. The molecule has 0 radical (unpaired) electrons. The first kappa shape index (κ1) is 22.4. The summed E-state index contributed by atoms with van der Waals surface area (Å²) in [5.74, 6) is -0.364. The van der Waals surface area contributed by atoms with Crippen LogP contribution in [0.1, 0.15) is 48.2 Å². The molecule has 1 aliphatic rings. The van der Waals surface area contributed by atoms with Crippen molar-refractivity contribution in [3.05, 3.63) is 63.7 Å². The van der Waals surface area contributed by atoms with Crippen molar-refractivity contribution in [1.29, 1.82) is 5.26 Å². The van der Waals surface area contributed by atoms with Gasteiger partial charge in [-0.1, -0.05) is 32.1 Å². The number of alkyl halides is 3. The summed E-state index contributed by atoms with van der Waals surface area (Å²) in [5, 5.41) is 16.9. The molecule has 2 aromatic rings. The summed E-state index contributed by atoms with van der Waals surface area (Å²) >= 11 is 0. The van der Waals surface area contributed by atoms with Crippen molar-refractivity contribution >= 4 is 6.08 Å². The predicted octanol–water partition coefficient (Wildman–Crippen LogP) is 4.13. The van der Waals surface area contributed by atoms with E-state index in [1.807, 2.05) is 13.8 Å². The minimum Gasteiger partial charge on any atom is -0.420 e. The molecule has 0 fully saturated rings. The van der Waals surface area contributed by atoms with E-state index in [0.717, 1.165) is 12.1 Å². The molecule has 1 aromatic carbocycles. The maximum Gasteiger partial charge on any atom is 0.416 e. The molecule has 5 N–H and O–H groups in total. The van der Waals surface area contributed by atoms with Gasteiger partial charge in [0.2, 0.25) is 11.8 Å². The lowest BCUT2D eigenvalue weighted by atomic mass is 9.61. The number of nitrogens with zero attached hydrogens (tertiary/aromatic N) is 2. The third-order valence-corrected chi connectivity index (χ3v) is 5.52. The Morgan fingerprint density at radius 1 is 1.32 bits per heavy atom. The zero-order valence-electron chi connectivity index (χ0n) is 17.5. The summed E-state index contributed by atoms with van der Waals surface area (Å²) in [6.07, 6.45) is -0.737. The van der Waals surface area contributed by atoms with Gasteiger partial charge in [0.15, 0.2) is 0 Å². The van der Waals surface area contributed by atoms with Gasteiger partial charge in [-0.2, -0.15) is 18.4 Å². The van der Waals surface area contributed by atoms with E-state index in [-0.39, 0.29) is 23.3 Å². The Labute approximate surface area is 178 Å². The number of nitrogens with two attached hydrogens (primary N) is 2. The number of nitriles is 1. The molecule has 0 saturated heterocycles. The van der Waals surface area contributed by atoms with Crippen molar-refractivity contribution in [2.24, 2.45) is 17.4 Å². The van der Waals surface area contributed by atoms with Gasteiger partial charge in [-0.3, -0.25) is 5.10 Å². The summed E-state index contributed by atoms with van der Waals surface area (Å²) < 4.78 is 47.0. The van der Waals surface area contributed by atoms with Crippen LogP contribution in [0, 0.1) is 24.2 Å². The average Bonchev–Trinajstić information content (AvgIpc) is 3.06. The van der Waals surface area contributed by atoms with Crippen LogP contribution in [0.25, 0.3) is 6.08 Å². The van der Waals surface area contributed by atoms with Crippen LogP contribution in [0.2, 0.25) is 0 Å². The standard InChI is InChI=1S/C22H24F3N5O/c1-12(2)21(17(11-27)19(28)31-20-18(21)13(3)29-30-20)15-8-14(6-4-5-7-26)9-16(10-15)22(23,24)25/h4,6,8-10,12H,5,7,26,28H2,1-3H3,(H,29,30)/b6-4+. The number of ether oxygens (including phenoxy) is 1. The van der Waals surface area contributed by atoms with Crippen LogP contribution < -0.4 is 16.2 Å². The number of rotatable bonds is 5. The monoisotopic (exact) mass is 431 g/mol. The summed E-state index contributed by atoms with van der Waals surface area (Å²) in [4.78, 5) is 0. The molecule has 0 amide bonds. The Hall–Kier alpha value is -3.25. The van der Waals surface area contributed by atoms with E-state index in [9.17, 15) is 18.4 Å². The number of aromatic nitrogens is 2. The highest BCUT2D eigenvalue weighted by atomic mass is 19.4. The van der Waals surface area contributed by atoms with Gasteiger partial charge in [0.1, 0.15) is 11.6 Å². The summed E-state index contributed by atoms with van der Waals surface area (Å²) in [7, 11) is 0. The van der Waals surface area contributed by atoms with Gasteiger partial charge in [-0.05, 0) is 49.1 Å². The van der Waals surface area contributed by atoms with E-state index in [4.69, 9.17) is 16.2 Å². The van der Waals surface area contributed by atoms with Crippen molar-refractivity contribution in [3.63, 3.8) is 0 Å². The van der Waals surface area contributed by atoms with E-state index in [2.05, 4.69) is 16.3 Å². The Bertz CT molecular complexity index is 1090. The molecule has 1 atom stereocenters. The predicted molar refractivity (Wildman–Crippen MR) is 111 cm³/mol. The molecule has 2 heterocycles. The zero-order valence-corrected chi connectivity index (χ0v) is 17.5. The number of H-pyrrole nitrogens is 1. The minimum absolute atomic E-state index is 0.0516. The fourth-order valence-electron chi connectivity index (χ4n) is 4.22. The van der Waals surface area contributed by atoms with Crippen molar-refractivity contribution in [1.82, 2.24) is 10.2 Å². The van der Waals surface area contributed by atoms with Gasteiger partial charge >= 0.3 is 6.18 Å². The zero-order chi connectivity index (χ0) is 23.0. The molecule has 6 nitrogen and oxygen atoms in total. The molecular formula is C22H24F3N5O. The van der Waals surface area contributed by atoms with Crippen molar-refractivity contribution < 1.29 is 17.9 Å². The van der Waals surface area contributed by atoms with Crippen LogP contribution in [-0.2, 0) is 11.6 Å². The maximum absolute atomic E-state index is 13.8. The Morgan fingerprint density at radius 2 is 2.03 bits per heavy atom. The number of hydrogen-bond acceptors (Lipinski definition) is 5. The van der Waals surface area contributed by atoms with E-state index in [0.29, 0.717) is 35.3 Å². The topological polar surface area (TPSA) is 114 Å². The highest BCUT2D eigenvalue weighted by Crippen LogP contribution is 2.53. The SMILES string of the molecule is Cc1[nH]nc2c1C(c1cc(/C=C/CCN)cc(C(F)(F)F)c1)(C(C)C)C(C#N)=C(N)O2. The second-order valence-corrected chi connectivity index (χ2v) is 7.77. The van der Waals surface area contributed by atoms with Crippen LogP contribution >= 0.6 is 0 Å². The van der Waals surface area contributed by atoms with Crippen molar-refractivity contribution in [2.45, 2.75) is 38.8 Å². The lowest BCUT2D eigenvalue weighted by Gasteiger charge is -2.41. The quantitative estimate of drug-likeness (QED) is 0.659. The fraction of sp³-hybridized carbons (Fsp3) is 0.364. The van der Waals surface area contributed by atoms with Gasteiger partial charge in [0.25, 0.3) is 0 Å². The largest absolute Gasteiger partial charge is 0.420 e. The number of benzene rings is 1. The molecule has 31 heavy (non-hydrogen) atoms. The number of allylic oxidation sites excluding steroid dienone is 1. The highest BCUT2D eigenvalue weighted by Gasteiger charge is 2.51. The van der Waals surface area contributed by atoms with Crippen molar-refractivity contribution in [3.8, 4) is 11.9 Å². The number of aromatic amines is 1. The number of aryl methyl sites for hydroxylation is 1. The number of hydrogen-bond donors (Lipinski definition) is 3. The van der Waals surface area contributed by atoms with Gasteiger partial charge in [-0.25, -0.2) is 0 Å². The van der Waals surface area contributed by atoms with E-state index >= 15 is 0 Å². The van der Waals surface area contributed by atoms with Gasteiger partial charge in [0, 0.05) is 5.69 Å². The van der Waals surface area contributed by atoms with Crippen LogP contribution in [0.15, 0.2) is 35.7 Å². The second-order valence-electron chi connectivity index (χ2n) is 7.77. The molecule has 3 rings (SSSR count). The lowest BCUT2D eigenvalue weighted by molar-refractivity contribution is -0.137. The molecular weight excluding hydrogens is 407 g/mol. The van der Waals surface area contributed by atoms with Gasteiger partial charge in [0.05, 0.1) is 16.5 Å². The summed E-state index contributed by atoms with van der Waals surface area (Å²) in [5.41, 5.74) is 11.2. The average molecular weight is 431 g/mol. The number of halogens is 3.